The van der Waals surface area contributed by atoms with Crippen molar-refractivity contribution < 1.29 is 48.5 Å². The Morgan fingerprint density at radius 3 is 1.14 bits per heavy atom. The van der Waals surface area contributed by atoms with Gasteiger partial charge in [0.05, 0.1) is 64.9 Å². The molecule has 0 bridgehead atoms. The average molecular weight is 1130 g/mol. The number of hydrogen-bond donors (Lipinski definition) is 6. The summed E-state index contributed by atoms with van der Waals surface area (Å²) >= 11 is 14.2. The number of aromatic hydroxyl groups is 2. The molecule has 2 aliphatic rings. The first kappa shape index (κ1) is 45.2. The lowest BCUT2D eigenvalue weighted by molar-refractivity contribution is 0.0977. The van der Waals surface area contributed by atoms with Crippen molar-refractivity contribution in [3.63, 3.8) is 0 Å². The molecule has 6 N–H and O–H groups in total. The zero-order valence-corrected chi connectivity index (χ0v) is 39.8. The van der Waals surface area contributed by atoms with Crippen molar-refractivity contribution in [2.45, 2.75) is 12.8 Å². The summed E-state index contributed by atoms with van der Waals surface area (Å²) < 4.78 is 13.0. The molecule has 0 unspecified atom stereocenters. The molecule has 0 heterocycles. The SMILES string of the molecule is O=C(NCNC(=O)OCCc1cc(Br)c(Nc2ccc(O)c3c2C(=O)c2ccccc2C3=O)c(Br)c1)OCCc1cc(Br)c(Nc2ccc(O)c3c2C(=O)c2ccccc2C3=O)c(Br)c1. The summed E-state index contributed by atoms with van der Waals surface area (Å²) in [6.45, 7) is -0.244. The number of hydrogen-bond acceptors (Lipinski definition) is 12. The molecule has 0 saturated carbocycles. The van der Waals surface area contributed by atoms with Gasteiger partial charge in [0.1, 0.15) is 11.5 Å². The van der Waals surface area contributed by atoms with Gasteiger partial charge in [0.25, 0.3) is 0 Å². The van der Waals surface area contributed by atoms with Crippen LogP contribution in [0.1, 0.15) is 74.8 Å². The molecule has 2 amide bonds. The summed E-state index contributed by atoms with van der Waals surface area (Å²) in [5.41, 5.74) is 4.31. The van der Waals surface area contributed by atoms with Crippen molar-refractivity contribution >= 4 is 122 Å². The zero-order chi connectivity index (χ0) is 46.1. The Labute approximate surface area is 403 Å². The number of phenolic OH excluding ortho intramolecular Hbond substituents is 2. The second-order valence-corrected chi connectivity index (χ2v) is 18.0. The van der Waals surface area contributed by atoms with Crippen LogP contribution in [-0.4, -0.2) is 65.4 Å². The third-order valence-electron chi connectivity index (χ3n) is 10.5. The van der Waals surface area contributed by atoms with Crippen LogP contribution in [0.5, 0.6) is 11.5 Å². The fourth-order valence-corrected chi connectivity index (χ4v) is 10.4. The predicted octanol–water partition coefficient (Wildman–Crippen LogP) is 10.4. The Bertz CT molecular complexity index is 2780. The van der Waals surface area contributed by atoms with Crippen molar-refractivity contribution in [2.75, 3.05) is 30.5 Å². The van der Waals surface area contributed by atoms with Crippen molar-refractivity contribution in [2.24, 2.45) is 0 Å². The van der Waals surface area contributed by atoms with Crippen LogP contribution in [0.15, 0.2) is 115 Å². The Morgan fingerprint density at radius 1 is 0.477 bits per heavy atom. The minimum atomic E-state index is -0.767. The van der Waals surface area contributed by atoms with Crippen LogP contribution in [0, 0.1) is 0 Å². The summed E-state index contributed by atoms with van der Waals surface area (Å²) in [4.78, 5) is 78.3. The number of fused-ring (bicyclic) bond motifs is 4. The molecule has 0 saturated heterocycles. The van der Waals surface area contributed by atoms with Crippen molar-refractivity contribution in [3.8, 4) is 11.5 Å². The highest BCUT2D eigenvalue weighted by molar-refractivity contribution is 9.11. The quantitative estimate of drug-likeness (QED) is 0.0499. The molecule has 0 fully saturated rings. The highest BCUT2D eigenvalue weighted by Crippen LogP contribution is 2.43. The van der Waals surface area contributed by atoms with Crippen molar-refractivity contribution in [1.82, 2.24) is 10.6 Å². The minimum absolute atomic E-state index is 0.00627. The summed E-state index contributed by atoms with van der Waals surface area (Å²) in [7, 11) is 0. The fraction of sp³-hybridized carbons (Fsp3) is 0.106. The number of ether oxygens (including phenoxy) is 2. The molecule has 2 aliphatic carbocycles. The number of benzene rings is 6. The van der Waals surface area contributed by atoms with Gasteiger partial charge in [-0.3, -0.25) is 19.2 Å². The van der Waals surface area contributed by atoms with E-state index in [1.165, 1.54) is 24.3 Å². The summed E-state index contributed by atoms with van der Waals surface area (Å²) in [5, 5.41) is 32.4. The van der Waals surface area contributed by atoms with Gasteiger partial charge in [0.15, 0.2) is 23.1 Å². The molecule has 14 nitrogen and oxygen atoms in total. The number of carbonyl (C=O) groups is 6. The van der Waals surface area contributed by atoms with Crippen LogP contribution in [0.4, 0.5) is 32.3 Å². The number of rotatable bonds is 12. The molecule has 0 radical (unpaired) electrons. The average Bonchev–Trinajstić information content (AvgIpc) is 3.28. The number of phenols is 2. The van der Waals surface area contributed by atoms with Crippen LogP contribution >= 0.6 is 63.7 Å². The highest BCUT2D eigenvalue weighted by Gasteiger charge is 2.36. The monoisotopic (exact) mass is 1130 g/mol. The van der Waals surface area contributed by atoms with Crippen molar-refractivity contribution in [1.29, 1.82) is 0 Å². The first-order chi connectivity index (χ1) is 31.2. The molecule has 65 heavy (non-hydrogen) atoms. The third kappa shape index (κ3) is 9.16. The molecule has 8 rings (SSSR count). The van der Waals surface area contributed by atoms with E-state index in [9.17, 15) is 39.0 Å². The zero-order valence-electron chi connectivity index (χ0n) is 33.4. The second kappa shape index (κ2) is 19.0. The van der Waals surface area contributed by atoms with E-state index < -0.39 is 35.3 Å². The van der Waals surface area contributed by atoms with Crippen LogP contribution in [0.3, 0.4) is 0 Å². The molecule has 6 aromatic carbocycles. The van der Waals surface area contributed by atoms with Gasteiger partial charge in [-0.15, -0.1) is 0 Å². The molecule has 328 valence electrons. The van der Waals surface area contributed by atoms with Crippen LogP contribution in [0.25, 0.3) is 0 Å². The van der Waals surface area contributed by atoms with E-state index in [0.29, 0.717) is 53.5 Å². The molecule has 0 atom stereocenters. The molecular formula is C47H32Br4N4O10. The largest absolute Gasteiger partial charge is 0.507 e. The van der Waals surface area contributed by atoms with Crippen LogP contribution in [0.2, 0.25) is 0 Å². The number of nitrogens with one attached hydrogen (secondary N) is 4. The maximum atomic E-state index is 13.5. The standard InChI is InChI=1S/C47H32Br4N4O10/c48-28-17-22(18-29(49)40(28)54-32-9-11-34(56)38-36(32)42(58)24-5-1-3-7-26(24)44(38)60)13-15-64-46(62)52-21-53-47(63)65-16-14-23-19-30(50)41(31(51)20-23)55-33-10-12-35(57)39-37(33)43(59)25-6-2-4-8-27(25)45(39)61/h1-12,17-20,54-57H,13-16,21H2,(H,52,62)(H,53,63). The summed E-state index contributed by atoms with van der Waals surface area (Å²) in [5.74, 6) is -2.26. The first-order valence-corrected chi connectivity index (χ1v) is 22.8. The molecule has 0 spiro atoms. The summed E-state index contributed by atoms with van der Waals surface area (Å²) in [6, 6.07) is 26.0. The van der Waals surface area contributed by atoms with Crippen molar-refractivity contribution in [3.05, 3.63) is 171 Å². The van der Waals surface area contributed by atoms with E-state index in [2.05, 4.69) is 85.0 Å². The smallest absolute Gasteiger partial charge is 0.408 e. The molecule has 6 aromatic rings. The topological polar surface area (TPSA) is 209 Å². The number of ketones is 4. The molecule has 0 aromatic heterocycles. The normalized spacial score (nSPS) is 12.4. The van der Waals surface area contributed by atoms with Gasteiger partial charge in [-0.25, -0.2) is 9.59 Å². The molecule has 18 heteroatoms. The Balaban J connectivity index is 0.786. The van der Waals surface area contributed by atoms with Gasteiger partial charge in [0, 0.05) is 53.0 Å². The Kier molecular flexibility index (Phi) is 13.2. The lowest BCUT2D eigenvalue weighted by atomic mass is 9.82. The maximum absolute atomic E-state index is 13.5. The van der Waals surface area contributed by atoms with Gasteiger partial charge >= 0.3 is 12.2 Å². The number of carbonyl (C=O) groups excluding carboxylic acids is 6. The van der Waals surface area contributed by atoms with Gasteiger partial charge < -0.3 is 41.0 Å². The van der Waals surface area contributed by atoms with E-state index in [1.54, 1.807) is 72.8 Å². The van der Waals surface area contributed by atoms with Gasteiger partial charge in [-0.05, 0) is 123 Å². The Morgan fingerprint density at radius 2 is 0.800 bits per heavy atom. The number of anilines is 4. The van der Waals surface area contributed by atoms with E-state index in [0.717, 1.165) is 11.1 Å². The van der Waals surface area contributed by atoms with Gasteiger partial charge in [-0.1, -0.05) is 48.5 Å². The van der Waals surface area contributed by atoms with Crippen LogP contribution in [-0.2, 0) is 22.3 Å². The maximum Gasteiger partial charge on any atom is 0.408 e. The minimum Gasteiger partial charge on any atom is -0.507 e. The van der Waals surface area contributed by atoms with Crippen LogP contribution < -0.4 is 21.3 Å². The van der Waals surface area contributed by atoms with E-state index >= 15 is 0 Å². The highest BCUT2D eigenvalue weighted by atomic mass is 79.9. The Hall–Kier alpha value is -6.34. The fourth-order valence-electron chi connectivity index (χ4n) is 7.48. The molecular weight excluding hydrogens is 1100 g/mol. The third-order valence-corrected chi connectivity index (χ3v) is 13.0. The van der Waals surface area contributed by atoms with E-state index in [-0.39, 0.29) is 75.9 Å². The van der Waals surface area contributed by atoms with E-state index in [1.807, 2.05) is 0 Å². The first-order valence-electron chi connectivity index (χ1n) is 19.6. The lowest BCUT2D eigenvalue weighted by Crippen LogP contribution is -2.38. The number of halogens is 4. The van der Waals surface area contributed by atoms with Gasteiger partial charge in [0.2, 0.25) is 0 Å². The number of alkyl carbamates (subject to hydrolysis) is 2. The predicted molar refractivity (Wildman–Crippen MR) is 254 cm³/mol. The second-order valence-electron chi connectivity index (χ2n) is 14.6. The molecule has 0 aliphatic heterocycles. The van der Waals surface area contributed by atoms with E-state index in [4.69, 9.17) is 9.47 Å². The van der Waals surface area contributed by atoms with Gasteiger partial charge in [-0.2, -0.15) is 0 Å². The lowest BCUT2D eigenvalue weighted by Gasteiger charge is -2.22. The summed E-state index contributed by atoms with van der Waals surface area (Å²) in [6.07, 6.45) is -0.874. The number of amides is 2.